The van der Waals surface area contributed by atoms with E-state index in [-0.39, 0.29) is 40.9 Å². The Labute approximate surface area is 239 Å². The second-order valence-corrected chi connectivity index (χ2v) is 11.4. The average molecular weight is 559 g/mol. The molecule has 214 valence electrons. The van der Waals surface area contributed by atoms with E-state index in [1.807, 2.05) is 30.3 Å². The zero-order chi connectivity index (χ0) is 29.1. The van der Waals surface area contributed by atoms with Crippen LogP contribution in [-0.2, 0) is 20.9 Å². The van der Waals surface area contributed by atoms with Gasteiger partial charge in [0.25, 0.3) is 6.47 Å². The highest BCUT2D eigenvalue weighted by Gasteiger charge is 2.44. The molecule has 3 aromatic carbocycles. The highest BCUT2D eigenvalue weighted by molar-refractivity contribution is 6.02. The van der Waals surface area contributed by atoms with E-state index < -0.39 is 11.9 Å². The lowest BCUT2D eigenvalue weighted by molar-refractivity contribution is -0.126. The molecule has 1 unspecified atom stereocenters. The number of ether oxygens (including phenoxy) is 2. The molecule has 1 fully saturated rings. The highest BCUT2D eigenvalue weighted by atomic mass is 19.1. The summed E-state index contributed by atoms with van der Waals surface area (Å²) in [5.41, 5.74) is 2.03. The van der Waals surface area contributed by atoms with Crippen molar-refractivity contribution >= 4 is 23.8 Å². The fourth-order valence-electron chi connectivity index (χ4n) is 5.03. The van der Waals surface area contributed by atoms with E-state index in [1.165, 1.54) is 17.0 Å². The second-order valence-electron chi connectivity index (χ2n) is 11.4. The molecule has 0 saturated heterocycles. The van der Waals surface area contributed by atoms with Crippen LogP contribution in [0.1, 0.15) is 63.6 Å². The van der Waals surface area contributed by atoms with Gasteiger partial charge in [-0.3, -0.25) is 14.5 Å². The summed E-state index contributed by atoms with van der Waals surface area (Å²) in [5, 5.41) is 14.2. The van der Waals surface area contributed by atoms with Crippen LogP contribution in [0.5, 0.6) is 11.5 Å². The van der Waals surface area contributed by atoms with E-state index in [2.05, 4.69) is 26.1 Å². The van der Waals surface area contributed by atoms with E-state index in [9.17, 15) is 14.7 Å². The van der Waals surface area contributed by atoms with Crippen LogP contribution < -0.4 is 15.0 Å². The van der Waals surface area contributed by atoms with Crippen molar-refractivity contribution in [1.82, 2.24) is 0 Å². The predicted molar refractivity (Wildman–Crippen MR) is 155 cm³/mol. The SMILES string of the molecule is CCC(C)(C)CC1=C(OC=O)C(c2ccc(OCc3ccccc3)cc2F)N(C(=O)C2CC2)c2cccc(O)c2N1. The molecule has 2 N–H and O–H groups in total. The van der Waals surface area contributed by atoms with Gasteiger partial charge in [-0.2, -0.15) is 0 Å². The predicted octanol–water partition coefficient (Wildman–Crippen LogP) is 7.23. The number of aromatic hydroxyl groups is 1. The summed E-state index contributed by atoms with van der Waals surface area (Å²) in [6, 6.07) is 17.8. The molecule has 3 aromatic rings. The Morgan fingerprint density at radius 3 is 2.54 bits per heavy atom. The quantitative estimate of drug-likeness (QED) is 0.202. The number of hydrogen-bond acceptors (Lipinski definition) is 6. The molecule has 7 nitrogen and oxygen atoms in total. The van der Waals surface area contributed by atoms with Gasteiger partial charge in [0, 0.05) is 17.5 Å². The van der Waals surface area contributed by atoms with Gasteiger partial charge in [0.15, 0.2) is 5.76 Å². The normalized spacial score (nSPS) is 16.9. The Morgan fingerprint density at radius 1 is 1.12 bits per heavy atom. The van der Waals surface area contributed by atoms with Gasteiger partial charge in [0.1, 0.15) is 35.7 Å². The fourth-order valence-corrected chi connectivity index (χ4v) is 5.03. The highest BCUT2D eigenvalue weighted by Crippen LogP contribution is 2.49. The summed E-state index contributed by atoms with van der Waals surface area (Å²) >= 11 is 0. The summed E-state index contributed by atoms with van der Waals surface area (Å²) in [6.45, 7) is 6.75. The Morgan fingerprint density at radius 2 is 1.88 bits per heavy atom. The number of benzene rings is 3. The van der Waals surface area contributed by atoms with Crippen LogP contribution >= 0.6 is 0 Å². The van der Waals surface area contributed by atoms with Crippen molar-refractivity contribution in [3.05, 3.63) is 95.1 Å². The summed E-state index contributed by atoms with van der Waals surface area (Å²) < 4.78 is 27.6. The van der Waals surface area contributed by atoms with Gasteiger partial charge in [-0.1, -0.05) is 63.6 Å². The maximum atomic E-state index is 16.1. The topological polar surface area (TPSA) is 88.1 Å². The summed E-state index contributed by atoms with van der Waals surface area (Å²) in [6.07, 6.45) is 2.64. The van der Waals surface area contributed by atoms with Crippen molar-refractivity contribution in [2.75, 3.05) is 10.2 Å². The van der Waals surface area contributed by atoms with Crippen LogP contribution in [0.2, 0.25) is 0 Å². The average Bonchev–Trinajstić information content (AvgIpc) is 3.82. The maximum absolute atomic E-state index is 16.1. The van der Waals surface area contributed by atoms with Gasteiger partial charge in [0.2, 0.25) is 5.91 Å². The molecular formula is C33H35FN2O5. The number of nitrogens with zero attached hydrogens (tertiary/aromatic N) is 1. The van der Waals surface area contributed by atoms with Crippen molar-refractivity contribution in [3.8, 4) is 11.5 Å². The minimum Gasteiger partial charge on any atom is -0.506 e. The molecule has 5 rings (SSSR count). The number of rotatable bonds is 10. The number of phenols is 1. The van der Waals surface area contributed by atoms with Crippen LogP contribution in [0.25, 0.3) is 0 Å². The van der Waals surface area contributed by atoms with Crippen LogP contribution in [0.4, 0.5) is 15.8 Å². The summed E-state index contributed by atoms with van der Waals surface area (Å²) in [7, 11) is 0. The molecular weight excluding hydrogens is 523 g/mol. The van der Waals surface area contributed by atoms with E-state index >= 15 is 4.39 Å². The molecule has 1 heterocycles. The van der Waals surface area contributed by atoms with Crippen LogP contribution in [-0.4, -0.2) is 17.5 Å². The Kier molecular flexibility index (Phi) is 8.01. The molecule has 0 spiro atoms. The number of allylic oxidation sites excluding steroid dienone is 1. The Bertz CT molecular complexity index is 1470. The third kappa shape index (κ3) is 6.06. The number of hydrogen-bond donors (Lipinski definition) is 2. The third-order valence-corrected chi connectivity index (χ3v) is 7.83. The van der Waals surface area contributed by atoms with Crippen molar-refractivity contribution in [1.29, 1.82) is 0 Å². The van der Waals surface area contributed by atoms with Crippen molar-refractivity contribution in [2.45, 2.75) is 59.1 Å². The molecule has 0 radical (unpaired) electrons. The number of amides is 1. The number of phenolic OH excluding ortho intramolecular Hbond substituents is 1. The minimum atomic E-state index is -1.10. The summed E-state index contributed by atoms with van der Waals surface area (Å²) in [4.78, 5) is 27.3. The first-order valence-electron chi connectivity index (χ1n) is 13.9. The molecule has 1 amide bonds. The summed E-state index contributed by atoms with van der Waals surface area (Å²) in [5.74, 6) is -0.707. The van der Waals surface area contributed by atoms with Gasteiger partial charge in [-0.25, -0.2) is 4.39 Å². The van der Waals surface area contributed by atoms with Crippen molar-refractivity contribution in [3.63, 3.8) is 0 Å². The van der Waals surface area contributed by atoms with Crippen LogP contribution in [0, 0.1) is 17.2 Å². The molecule has 41 heavy (non-hydrogen) atoms. The van der Waals surface area contributed by atoms with Crippen LogP contribution in [0.3, 0.4) is 0 Å². The molecule has 1 aliphatic heterocycles. The maximum Gasteiger partial charge on any atom is 0.298 e. The lowest BCUT2D eigenvalue weighted by Crippen LogP contribution is -2.38. The molecule has 1 aliphatic carbocycles. The Balaban J connectivity index is 1.66. The number of anilines is 2. The first-order chi connectivity index (χ1) is 19.7. The Hall–Kier alpha value is -4.33. The number of carbonyl (C=O) groups is 2. The minimum absolute atomic E-state index is 0.0702. The van der Waals surface area contributed by atoms with E-state index in [0.717, 1.165) is 12.0 Å². The molecule has 0 aromatic heterocycles. The molecule has 8 heteroatoms. The fraction of sp³-hybridized carbons (Fsp3) is 0.333. The standard InChI is InChI=1S/C33H35FN2O5/c1-4-33(2,3)18-26-31(41-20-37)30(24-16-15-23(17-25(24)34)40-19-21-9-6-5-7-10-21)36(32(39)22-13-14-22)27-11-8-12-28(38)29(27)35-26/h5-12,15-17,20,22,30,35,38H,4,13-14,18-19H2,1-3H3. The molecule has 1 saturated carbocycles. The zero-order valence-corrected chi connectivity index (χ0v) is 23.5. The van der Waals surface area contributed by atoms with Crippen LogP contribution in [0.15, 0.2) is 78.2 Å². The largest absolute Gasteiger partial charge is 0.506 e. The van der Waals surface area contributed by atoms with E-state index in [1.54, 1.807) is 24.3 Å². The second kappa shape index (κ2) is 11.6. The molecule has 2 aliphatic rings. The number of para-hydroxylation sites is 1. The third-order valence-electron chi connectivity index (χ3n) is 7.83. The van der Waals surface area contributed by atoms with Crippen molar-refractivity contribution < 1.29 is 28.6 Å². The molecule has 1 atom stereocenters. The first kappa shape index (κ1) is 28.2. The van der Waals surface area contributed by atoms with E-state index in [4.69, 9.17) is 9.47 Å². The number of halogens is 1. The number of fused-ring (bicyclic) bond motifs is 1. The van der Waals surface area contributed by atoms with Gasteiger partial charge >= 0.3 is 0 Å². The van der Waals surface area contributed by atoms with E-state index in [0.29, 0.717) is 48.6 Å². The lowest BCUT2D eigenvalue weighted by Gasteiger charge is -2.33. The van der Waals surface area contributed by atoms with Gasteiger partial charge < -0.3 is 19.9 Å². The van der Waals surface area contributed by atoms with Gasteiger partial charge in [-0.15, -0.1) is 0 Å². The number of nitrogens with one attached hydrogen (secondary N) is 1. The lowest BCUT2D eigenvalue weighted by atomic mass is 9.84. The number of carbonyl (C=O) groups excluding carboxylic acids is 2. The van der Waals surface area contributed by atoms with Gasteiger partial charge in [0.05, 0.1) is 11.4 Å². The van der Waals surface area contributed by atoms with Crippen molar-refractivity contribution in [2.24, 2.45) is 11.3 Å². The van der Waals surface area contributed by atoms with Gasteiger partial charge in [-0.05, 0) is 54.5 Å². The smallest absolute Gasteiger partial charge is 0.298 e. The first-order valence-corrected chi connectivity index (χ1v) is 13.9. The zero-order valence-electron chi connectivity index (χ0n) is 23.5. The monoisotopic (exact) mass is 558 g/mol. The molecule has 0 bridgehead atoms.